The van der Waals surface area contributed by atoms with E-state index in [0.717, 1.165) is 37.9 Å². The molecule has 24 heavy (non-hydrogen) atoms. The number of benzene rings is 1. The molecule has 4 rings (SSSR count). The molecule has 2 saturated carbocycles. The third-order valence-electron chi connectivity index (χ3n) is 6.29. The van der Waals surface area contributed by atoms with E-state index in [4.69, 9.17) is 0 Å². The summed E-state index contributed by atoms with van der Waals surface area (Å²) < 4.78 is 13.6. The Morgan fingerprint density at radius 2 is 1.96 bits per heavy atom. The standard InChI is InChI=1S/C20H26FNO2/c1-13-3-4-14(6-17(13)21)5-15-7-20(8-15)11-22(12-20)18(23)16-9-19(2,24)10-16/h3-4,6,15-16,24H,5,7-12H2,1-2H3/t16-,19+. The zero-order chi connectivity index (χ0) is 17.1. The second-order valence-corrected chi connectivity index (χ2v) is 8.86. The number of amides is 1. The molecule has 3 nitrogen and oxygen atoms in total. The van der Waals surface area contributed by atoms with E-state index in [0.29, 0.717) is 29.7 Å². The summed E-state index contributed by atoms with van der Waals surface area (Å²) in [4.78, 5) is 14.3. The lowest BCUT2D eigenvalue weighted by Gasteiger charge is -2.60. The van der Waals surface area contributed by atoms with Gasteiger partial charge in [-0.3, -0.25) is 4.79 Å². The number of carbonyl (C=O) groups excluding carboxylic acids is 1. The van der Waals surface area contributed by atoms with Gasteiger partial charge in [-0.1, -0.05) is 12.1 Å². The number of aryl methyl sites for hydroxylation is 1. The predicted octanol–water partition coefficient (Wildman–Crippen LogP) is 3.08. The first-order valence-corrected chi connectivity index (χ1v) is 9.02. The van der Waals surface area contributed by atoms with Gasteiger partial charge in [0.2, 0.25) is 5.91 Å². The first-order valence-electron chi connectivity index (χ1n) is 9.02. The zero-order valence-electron chi connectivity index (χ0n) is 14.5. The summed E-state index contributed by atoms with van der Waals surface area (Å²) in [6.07, 6.45) is 4.45. The summed E-state index contributed by atoms with van der Waals surface area (Å²) >= 11 is 0. The van der Waals surface area contributed by atoms with Crippen molar-refractivity contribution in [2.75, 3.05) is 13.1 Å². The summed E-state index contributed by atoms with van der Waals surface area (Å²) in [5.41, 5.74) is 1.48. The largest absolute Gasteiger partial charge is 0.390 e. The van der Waals surface area contributed by atoms with Gasteiger partial charge in [-0.15, -0.1) is 0 Å². The van der Waals surface area contributed by atoms with Crippen LogP contribution in [0.1, 0.15) is 43.7 Å². The van der Waals surface area contributed by atoms with Crippen LogP contribution in [0.4, 0.5) is 4.39 Å². The van der Waals surface area contributed by atoms with Crippen LogP contribution in [-0.4, -0.2) is 34.6 Å². The van der Waals surface area contributed by atoms with E-state index in [-0.39, 0.29) is 17.6 Å². The van der Waals surface area contributed by atoms with Crippen LogP contribution in [0.25, 0.3) is 0 Å². The maximum atomic E-state index is 13.6. The molecule has 3 fully saturated rings. The lowest BCUT2D eigenvalue weighted by Crippen LogP contribution is -2.66. The van der Waals surface area contributed by atoms with Crippen LogP contribution in [-0.2, 0) is 11.2 Å². The predicted molar refractivity (Wildman–Crippen MR) is 89.9 cm³/mol. The summed E-state index contributed by atoms with van der Waals surface area (Å²) in [5, 5.41) is 9.78. The van der Waals surface area contributed by atoms with Crippen molar-refractivity contribution >= 4 is 5.91 Å². The molecule has 0 radical (unpaired) electrons. The number of likely N-dealkylation sites (tertiary alicyclic amines) is 1. The number of hydrogen-bond donors (Lipinski definition) is 1. The highest BCUT2D eigenvalue weighted by atomic mass is 19.1. The van der Waals surface area contributed by atoms with E-state index >= 15 is 0 Å². The molecule has 1 spiro atoms. The van der Waals surface area contributed by atoms with E-state index in [1.807, 2.05) is 17.0 Å². The highest BCUT2D eigenvalue weighted by Gasteiger charge is 2.55. The van der Waals surface area contributed by atoms with Crippen molar-refractivity contribution in [3.05, 3.63) is 35.1 Å². The second-order valence-electron chi connectivity index (χ2n) is 8.86. The fourth-order valence-corrected chi connectivity index (χ4v) is 5.02. The highest BCUT2D eigenvalue weighted by Crippen LogP contribution is 2.53. The fraction of sp³-hybridized carbons (Fsp3) is 0.650. The van der Waals surface area contributed by atoms with Crippen LogP contribution in [0.5, 0.6) is 0 Å². The van der Waals surface area contributed by atoms with Gasteiger partial charge in [0.1, 0.15) is 5.82 Å². The molecule has 1 saturated heterocycles. The van der Waals surface area contributed by atoms with Crippen molar-refractivity contribution < 1.29 is 14.3 Å². The van der Waals surface area contributed by atoms with E-state index in [1.54, 1.807) is 19.9 Å². The molecule has 0 unspecified atom stereocenters. The van der Waals surface area contributed by atoms with Crippen molar-refractivity contribution in [2.24, 2.45) is 17.3 Å². The molecule has 2 aliphatic carbocycles. The quantitative estimate of drug-likeness (QED) is 0.925. The molecule has 0 bridgehead atoms. The minimum Gasteiger partial charge on any atom is -0.390 e. The van der Waals surface area contributed by atoms with Gasteiger partial charge in [0.15, 0.2) is 0 Å². The smallest absolute Gasteiger partial charge is 0.225 e. The molecule has 1 aromatic rings. The van der Waals surface area contributed by atoms with Gasteiger partial charge in [0, 0.05) is 24.4 Å². The van der Waals surface area contributed by atoms with Crippen LogP contribution in [0.3, 0.4) is 0 Å². The molecule has 0 aromatic heterocycles. The van der Waals surface area contributed by atoms with Crippen LogP contribution in [0.15, 0.2) is 18.2 Å². The SMILES string of the molecule is Cc1ccc(CC2CC3(C2)CN(C(=O)[C@H]2C[C@@](C)(O)C2)C3)cc1F. The summed E-state index contributed by atoms with van der Waals surface area (Å²) in [7, 11) is 0. The van der Waals surface area contributed by atoms with Gasteiger partial charge >= 0.3 is 0 Å². The van der Waals surface area contributed by atoms with E-state index in [9.17, 15) is 14.3 Å². The number of nitrogens with zero attached hydrogens (tertiary/aromatic N) is 1. The van der Waals surface area contributed by atoms with Crippen molar-refractivity contribution in [3.8, 4) is 0 Å². The summed E-state index contributed by atoms with van der Waals surface area (Å²) in [5.74, 6) is 0.770. The lowest BCUT2D eigenvalue weighted by atomic mass is 9.56. The van der Waals surface area contributed by atoms with Crippen molar-refractivity contribution in [2.45, 2.75) is 51.6 Å². The van der Waals surface area contributed by atoms with Gasteiger partial charge in [-0.25, -0.2) is 4.39 Å². The third-order valence-corrected chi connectivity index (χ3v) is 6.29. The van der Waals surface area contributed by atoms with Gasteiger partial charge in [0.05, 0.1) is 5.60 Å². The number of halogens is 1. The van der Waals surface area contributed by atoms with E-state index < -0.39 is 5.60 Å². The number of aliphatic hydroxyl groups is 1. The molecule has 1 aromatic carbocycles. The Balaban J connectivity index is 1.24. The Bertz CT molecular complexity index is 662. The number of rotatable bonds is 3. The minimum absolute atomic E-state index is 0.0313. The summed E-state index contributed by atoms with van der Waals surface area (Å²) in [6, 6.07) is 5.55. The van der Waals surface area contributed by atoms with Gasteiger partial charge < -0.3 is 10.0 Å². The van der Waals surface area contributed by atoms with Crippen molar-refractivity contribution in [3.63, 3.8) is 0 Å². The monoisotopic (exact) mass is 331 g/mol. The Labute approximate surface area is 142 Å². The Morgan fingerprint density at radius 1 is 1.29 bits per heavy atom. The average molecular weight is 331 g/mol. The minimum atomic E-state index is -0.631. The van der Waals surface area contributed by atoms with Gasteiger partial charge in [0.25, 0.3) is 0 Å². The molecule has 0 atom stereocenters. The first kappa shape index (κ1) is 16.1. The molecule has 130 valence electrons. The first-order chi connectivity index (χ1) is 11.3. The van der Waals surface area contributed by atoms with Crippen LogP contribution >= 0.6 is 0 Å². The van der Waals surface area contributed by atoms with Crippen LogP contribution in [0.2, 0.25) is 0 Å². The Morgan fingerprint density at radius 3 is 2.54 bits per heavy atom. The third kappa shape index (κ3) is 2.75. The molecule has 1 N–H and O–H groups in total. The fourth-order valence-electron chi connectivity index (χ4n) is 5.02. The van der Waals surface area contributed by atoms with Crippen molar-refractivity contribution in [1.29, 1.82) is 0 Å². The molecule has 1 amide bonds. The topological polar surface area (TPSA) is 40.5 Å². The molecule has 3 aliphatic rings. The number of carbonyl (C=O) groups is 1. The van der Waals surface area contributed by atoms with E-state index in [1.165, 1.54) is 0 Å². The average Bonchev–Trinajstić information content (AvgIpc) is 2.40. The molecular weight excluding hydrogens is 305 g/mol. The van der Waals surface area contributed by atoms with Gasteiger partial charge in [-0.05, 0) is 69.1 Å². The Hall–Kier alpha value is -1.42. The van der Waals surface area contributed by atoms with Crippen molar-refractivity contribution in [1.82, 2.24) is 4.90 Å². The number of hydrogen-bond acceptors (Lipinski definition) is 2. The normalized spacial score (nSPS) is 31.3. The molecule has 4 heteroatoms. The Kier molecular flexibility index (Phi) is 3.54. The molecule has 1 heterocycles. The highest BCUT2D eigenvalue weighted by molar-refractivity contribution is 5.81. The maximum absolute atomic E-state index is 13.6. The zero-order valence-corrected chi connectivity index (χ0v) is 14.5. The molecular formula is C20H26FNO2. The van der Waals surface area contributed by atoms with Gasteiger partial charge in [-0.2, -0.15) is 0 Å². The van der Waals surface area contributed by atoms with Crippen LogP contribution in [0, 0.1) is 30.0 Å². The molecule has 1 aliphatic heterocycles. The van der Waals surface area contributed by atoms with Crippen LogP contribution < -0.4 is 0 Å². The second kappa shape index (κ2) is 5.29. The van der Waals surface area contributed by atoms with E-state index in [2.05, 4.69) is 0 Å². The summed E-state index contributed by atoms with van der Waals surface area (Å²) in [6.45, 7) is 5.35. The maximum Gasteiger partial charge on any atom is 0.225 e. The lowest BCUT2D eigenvalue weighted by molar-refractivity contribution is -0.171.